The quantitative estimate of drug-likeness (QED) is 0.255. The Bertz CT molecular complexity index is 742. The fourth-order valence-corrected chi connectivity index (χ4v) is 9.68. The minimum Gasteiger partial charge on any atom is -0.446 e. The zero-order valence-corrected chi connectivity index (χ0v) is 24.4. The molecule has 0 bridgehead atoms. The van der Waals surface area contributed by atoms with E-state index in [1.54, 1.807) is 0 Å². The summed E-state index contributed by atoms with van der Waals surface area (Å²) < 4.78 is 5.84. The first-order chi connectivity index (χ1) is 17.7. The molecular weight excluding hydrogens is 462 g/mol. The van der Waals surface area contributed by atoms with Gasteiger partial charge in [0, 0.05) is 13.2 Å². The van der Waals surface area contributed by atoms with Crippen molar-refractivity contribution in [2.45, 2.75) is 136 Å². The van der Waals surface area contributed by atoms with Crippen LogP contribution in [0.15, 0.2) is 0 Å². The molecule has 0 aromatic carbocycles. The van der Waals surface area contributed by atoms with E-state index in [0.717, 1.165) is 42.4 Å². The lowest BCUT2D eigenvalue weighted by Gasteiger charge is -2.61. The van der Waals surface area contributed by atoms with Gasteiger partial charge >= 0.3 is 6.09 Å². The summed E-state index contributed by atoms with van der Waals surface area (Å²) in [5.74, 6) is 5.15. The van der Waals surface area contributed by atoms with Gasteiger partial charge < -0.3 is 20.3 Å². The Morgan fingerprint density at radius 2 is 1.70 bits per heavy atom. The molecular formula is C32H57NO4. The Kier molecular flexibility index (Phi) is 9.92. The van der Waals surface area contributed by atoms with Gasteiger partial charge in [0.05, 0.1) is 6.10 Å². The van der Waals surface area contributed by atoms with Crippen molar-refractivity contribution >= 4 is 6.09 Å². The molecule has 9 atom stereocenters. The first-order valence-electron chi connectivity index (χ1n) is 15.9. The highest BCUT2D eigenvalue weighted by Gasteiger charge is 2.60. The van der Waals surface area contributed by atoms with E-state index in [2.05, 4.69) is 33.0 Å². The largest absolute Gasteiger partial charge is 0.446 e. The summed E-state index contributed by atoms with van der Waals surface area (Å²) >= 11 is 0. The van der Waals surface area contributed by atoms with Crippen LogP contribution in [0.1, 0.15) is 124 Å². The van der Waals surface area contributed by atoms with Crippen molar-refractivity contribution in [2.24, 2.45) is 46.3 Å². The van der Waals surface area contributed by atoms with Gasteiger partial charge in [0.15, 0.2) is 0 Å². The molecule has 0 aromatic heterocycles. The number of alkyl carbamates (subject to hydrolysis) is 1. The molecule has 4 saturated carbocycles. The predicted molar refractivity (Wildman–Crippen MR) is 149 cm³/mol. The number of aliphatic hydroxyl groups excluding tert-OH is 2. The average Bonchev–Trinajstić information content (AvgIpc) is 3.18. The van der Waals surface area contributed by atoms with Gasteiger partial charge in [0.1, 0.15) is 6.10 Å². The zero-order chi connectivity index (χ0) is 26.6. The highest BCUT2D eigenvalue weighted by Crippen LogP contribution is 2.68. The van der Waals surface area contributed by atoms with Crippen LogP contribution < -0.4 is 5.32 Å². The van der Waals surface area contributed by atoms with Gasteiger partial charge in [-0.1, -0.05) is 47.0 Å². The fourth-order valence-electron chi connectivity index (χ4n) is 9.68. The summed E-state index contributed by atoms with van der Waals surface area (Å²) in [6, 6.07) is 0. The van der Waals surface area contributed by atoms with Crippen LogP contribution in [0.4, 0.5) is 4.79 Å². The number of fused-ring (bicyclic) bond motifs is 5. The maximum atomic E-state index is 12.4. The third-order valence-electron chi connectivity index (χ3n) is 11.9. The molecule has 0 saturated heterocycles. The molecule has 0 spiro atoms. The van der Waals surface area contributed by atoms with E-state index in [1.165, 1.54) is 70.6 Å². The van der Waals surface area contributed by atoms with Gasteiger partial charge in [-0.2, -0.15) is 0 Å². The molecule has 0 aliphatic heterocycles. The molecule has 4 rings (SSSR count). The Labute approximate surface area is 226 Å². The topological polar surface area (TPSA) is 78.8 Å². The highest BCUT2D eigenvalue weighted by molar-refractivity contribution is 5.67. The van der Waals surface area contributed by atoms with E-state index in [-0.39, 0.29) is 18.8 Å². The molecule has 3 N–H and O–H groups in total. The molecule has 4 fully saturated rings. The lowest BCUT2D eigenvalue weighted by Crippen LogP contribution is -2.54. The van der Waals surface area contributed by atoms with Crippen LogP contribution in [-0.4, -0.2) is 41.7 Å². The van der Waals surface area contributed by atoms with Crippen LogP contribution in [0.3, 0.4) is 0 Å². The number of unbranched alkanes of at least 4 members (excludes halogenated alkanes) is 1. The first kappa shape index (κ1) is 29.2. The summed E-state index contributed by atoms with van der Waals surface area (Å²) in [6.07, 6.45) is 17.2. The second-order valence-corrected chi connectivity index (χ2v) is 14.3. The Balaban J connectivity index is 1.28. The lowest BCUT2D eigenvalue weighted by molar-refractivity contribution is -0.127. The van der Waals surface area contributed by atoms with Crippen LogP contribution in [0, 0.1) is 46.3 Å². The molecule has 0 heterocycles. The van der Waals surface area contributed by atoms with Crippen molar-refractivity contribution in [2.75, 3.05) is 13.2 Å². The summed E-state index contributed by atoms with van der Waals surface area (Å²) in [5.41, 5.74) is 0.982. The summed E-state index contributed by atoms with van der Waals surface area (Å²) in [4.78, 5) is 12.4. The maximum Gasteiger partial charge on any atom is 0.407 e. The third-order valence-corrected chi connectivity index (χ3v) is 11.9. The second kappa shape index (κ2) is 12.6. The average molecular weight is 520 g/mol. The van der Waals surface area contributed by atoms with Crippen molar-refractivity contribution in [1.82, 2.24) is 5.32 Å². The number of nitrogens with one attached hydrogen (secondary N) is 1. The smallest absolute Gasteiger partial charge is 0.407 e. The van der Waals surface area contributed by atoms with Gasteiger partial charge in [0.25, 0.3) is 0 Å². The SMILES string of the molecule is CC(C)CCCCC1CCC2C3CCC4CC(OC(=O)NCCC(O)CCO)CCC4(C)C3CCC12C. The van der Waals surface area contributed by atoms with Gasteiger partial charge in [-0.3, -0.25) is 0 Å². The van der Waals surface area contributed by atoms with Crippen molar-refractivity contribution in [3.63, 3.8) is 0 Å². The van der Waals surface area contributed by atoms with Gasteiger partial charge in [-0.05, 0) is 123 Å². The molecule has 4 aliphatic carbocycles. The van der Waals surface area contributed by atoms with E-state index in [0.29, 0.717) is 36.1 Å². The fraction of sp³-hybridized carbons (Fsp3) is 0.969. The minimum atomic E-state index is -0.576. The summed E-state index contributed by atoms with van der Waals surface area (Å²) in [5, 5.41) is 21.4. The summed E-state index contributed by atoms with van der Waals surface area (Å²) in [6.45, 7) is 10.3. The van der Waals surface area contributed by atoms with Crippen LogP contribution in [0.5, 0.6) is 0 Å². The third kappa shape index (κ3) is 6.51. The Hall–Kier alpha value is -0.810. The molecule has 0 radical (unpaired) electrons. The van der Waals surface area contributed by atoms with Crippen molar-refractivity contribution in [3.8, 4) is 0 Å². The maximum absolute atomic E-state index is 12.4. The number of ether oxygens (including phenoxy) is 1. The molecule has 5 nitrogen and oxygen atoms in total. The van der Waals surface area contributed by atoms with Crippen LogP contribution in [0.2, 0.25) is 0 Å². The number of rotatable bonds is 11. The highest BCUT2D eigenvalue weighted by atomic mass is 16.6. The summed E-state index contributed by atoms with van der Waals surface area (Å²) in [7, 11) is 0. The monoisotopic (exact) mass is 519 g/mol. The second-order valence-electron chi connectivity index (χ2n) is 14.3. The molecule has 1 amide bonds. The van der Waals surface area contributed by atoms with E-state index in [4.69, 9.17) is 9.84 Å². The van der Waals surface area contributed by atoms with Crippen molar-refractivity contribution in [3.05, 3.63) is 0 Å². The zero-order valence-electron chi connectivity index (χ0n) is 24.4. The molecule has 37 heavy (non-hydrogen) atoms. The normalized spacial score (nSPS) is 40.0. The standard InChI is InChI=1S/C32H57NO4/c1-22(2)7-5-6-8-23-10-12-28-27-11-9-24-21-26(37-30(36)33-19-15-25(35)16-20-34)13-17-32(24,4)29(27)14-18-31(23,28)3/h22-29,34-35H,5-21H2,1-4H3,(H,33,36). The first-order valence-corrected chi connectivity index (χ1v) is 15.9. The van der Waals surface area contributed by atoms with Crippen molar-refractivity contribution < 1.29 is 19.7 Å². The van der Waals surface area contributed by atoms with Gasteiger partial charge in [-0.25, -0.2) is 4.79 Å². The van der Waals surface area contributed by atoms with E-state index in [9.17, 15) is 9.90 Å². The molecule has 5 heteroatoms. The number of aliphatic hydroxyl groups is 2. The molecule has 4 aliphatic rings. The predicted octanol–water partition coefficient (Wildman–Crippen LogP) is 7.09. The molecule has 9 unspecified atom stereocenters. The number of hydrogen-bond donors (Lipinski definition) is 3. The van der Waals surface area contributed by atoms with Crippen molar-refractivity contribution in [1.29, 1.82) is 0 Å². The van der Waals surface area contributed by atoms with E-state index < -0.39 is 6.10 Å². The molecule has 0 aromatic rings. The van der Waals surface area contributed by atoms with Gasteiger partial charge in [0.2, 0.25) is 0 Å². The minimum absolute atomic E-state index is 0.0209. The Morgan fingerprint density at radius 3 is 2.46 bits per heavy atom. The number of hydrogen-bond acceptors (Lipinski definition) is 4. The lowest BCUT2D eigenvalue weighted by atomic mass is 9.44. The van der Waals surface area contributed by atoms with Gasteiger partial charge in [-0.15, -0.1) is 0 Å². The van der Waals surface area contributed by atoms with E-state index >= 15 is 0 Å². The van der Waals surface area contributed by atoms with Crippen LogP contribution in [-0.2, 0) is 4.74 Å². The number of amides is 1. The van der Waals surface area contributed by atoms with Crippen LogP contribution >= 0.6 is 0 Å². The number of carbonyl (C=O) groups is 1. The van der Waals surface area contributed by atoms with E-state index in [1.807, 2.05) is 0 Å². The molecule has 214 valence electrons. The Morgan fingerprint density at radius 1 is 0.946 bits per heavy atom. The van der Waals surface area contributed by atoms with Crippen LogP contribution in [0.25, 0.3) is 0 Å². The number of carbonyl (C=O) groups excluding carboxylic acids is 1.